The second kappa shape index (κ2) is 5.36. The van der Waals surface area contributed by atoms with Crippen LogP contribution < -0.4 is 5.32 Å². The van der Waals surface area contributed by atoms with Crippen LogP contribution in [-0.2, 0) is 5.41 Å². The van der Waals surface area contributed by atoms with Gasteiger partial charge in [0.15, 0.2) is 0 Å². The lowest BCUT2D eigenvalue weighted by Gasteiger charge is -2.38. The molecule has 2 rings (SSSR count). The molecule has 1 aromatic rings. The van der Waals surface area contributed by atoms with Crippen molar-refractivity contribution in [2.75, 3.05) is 13.6 Å². The van der Waals surface area contributed by atoms with E-state index >= 15 is 0 Å². The maximum Gasteiger partial charge on any atom is 0.124 e. The van der Waals surface area contributed by atoms with Crippen LogP contribution in [0.15, 0.2) is 18.2 Å². The number of likely N-dealkylation sites (N-methyl/N-ethyl adjacent to an activating group) is 1. The molecule has 1 aliphatic rings. The Morgan fingerprint density at radius 2 is 2.00 bits per heavy atom. The summed E-state index contributed by atoms with van der Waals surface area (Å²) in [5.41, 5.74) is 1.20. The highest BCUT2D eigenvalue weighted by Crippen LogP contribution is 2.42. The maximum absolute atomic E-state index is 13.1. The van der Waals surface area contributed by atoms with E-state index in [1.54, 1.807) is 0 Å². The normalized spacial score (nSPS) is 19.2. The summed E-state index contributed by atoms with van der Waals surface area (Å²) in [6, 6.07) is 4.82. The summed E-state index contributed by atoms with van der Waals surface area (Å²) in [6.07, 6.45) is 6.04. The minimum Gasteiger partial charge on any atom is -0.319 e. The lowest BCUT2D eigenvalue weighted by Crippen LogP contribution is -2.38. The number of halogens is 2. The second-order valence-electron chi connectivity index (χ2n) is 5.00. The van der Waals surface area contributed by atoms with Gasteiger partial charge in [-0.2, -0.15) is 0 Å². The highest BCUT2D eigenvalue weighted by molar-refractivity contribution is 6.31. The second-order valence-corrected chi connectivity index (χ2v) is 5.40. The van der Waals surface area contributed by atoms with Crippen LogP contribution in [0.2, 0.25) is 5.02 Å². The summed E-state index contributed by atoms with van der Waals surface area (Å²) in [5.74, 6) is -0.255. The fourth-order valence-electron chi connectivity index (χ4n) is 3.03. The molecule has 17 heavy (non-hydrogen) atoms. The van der Waals surface area contributed by atoms with Gasteiger partial charge in [-0.25, -0.2) is 4.39 Å². The SMILES string of the molecule is CNCC1(c2ccc(F)cc2Cl)CCCCC1. The van der Waals surface area contributed by atoms with E-state index in [9.17, 15) is 4.39 Å². The van der Waals surface area contributed by atoms with E-state index in [1.807, 2.05) is 13.1 Å². The van der Waals surface area contributed by atoms with Gasteiger partial charge in [0.2, 0.25) is 0 Å². The standard InChI is InChI=1S/C14H19ClFN/c1-17-10-14(7-3-2-4-8-14)12-6-5-11(16)9-13(12)15/h5-6,9,17H,2-4,7-8,10H2,1H3. The first-order valence-electron chi connectivity index (χ1n) is 6.28. The zero-order chi connectivity index (χ0) is 12.3. The molecule has 0 radical (unpaired) electrons. The van der Waals surface area contributed by atoms with Gasteiger partial charge < -0.3 is 5.32 Å². The Morgan fingerprint density at radius 1 is 1.29 bits per heavy atom. The molecule has 3 heteroatoms. The number of rotatable bonds is 3. The molecule has 0 amide bonds. The molecule has 0 aromatic heterocycles. The molecule has 0 aliphatic heterocycles. The summed E-state index contributed by atoms with van der Waals surface area (Å²) in [6.45, 7) is 0.915. The summed E-state index contributed by atoms with van der Waals surface area (Å²) in [5, 5.41) is 3.84. The van der Waals surface area contributed by atoms with Gasteiger partial charge in [-0.05, 0) is 37.6 Å². The van der Waals surface area contributed by atoms with Gasteiger partial charge in [0.25, 0.3) is 0 Å². The van der Waals surface area contributed by atoms with Crippen LogP contribution in [0.1, 0.15) is 37.7 Å². The van der Waals surface area contributed by atoms with Gasteiger partial charge in [0.1, 0.15) is 5.82 Å². The van der Waals surface area contributed by atoms with Crippen LogP contribution in [0, 0.1) is 5.82 Å². The van der Waals surface area contributed by atoms with Gasteiger partial charge in [0.05, 0.1) is 0 Å². The highest BCUT2D eigenvalue weighted by Gasteiger charge is 2.34. The molecular weight excluding hydrogens is 237 g/mol. The Hall–Kier alpha value is -0.600. The number of hydrogen-bond acceptors (Lipinski definition) is 1. The fourth-order valence-corrected chi connectivity index (χ4v) is 3.40. The predicted molar refractivity (Wildman–Crippen MR) is 70.1 cm³/mol. The smallest absolute Gasteiger partial charge is 0.124 e. The lowest BCUT2D eigenvalue weighted by molar-refractivity contribution is 0.286. The average Bonchev–Trinajstić information content (AvgIpc) is 2.30. The Kier molecular flexibility index (Phi) is 4.05. The quantitative estimate of drug-likeness (QED) is 0.864. The van der Waals surface area contributed by atoms with Crippen molar-refractivity contribution in [3.63, 3.8) is 0 Å². The third kappa shape index (κ3) is 2.63. The molecule has 1 saturated carbocycles. The van der Waals surface area contributed by atoms with Gasteiger partial charge in [-0.1, -0.05) is 36.9 Å². The summed E-state index contributed by atoms with van der Waals surface area (Å²) >= 11 is 6.22. The Balaban J connectivity index is 2.37. The third-order valence-corrected chi connectivity index (χ3v) is 4.14. The molecule has 1 N–H and O–H groups in total. The minimum absolute atomic E-state index is 0.0950. The van der Waals surface area contributed by atoms with Crippen molar-refractivity contribution in [1.29, 1.82) is 0 Å². The van der Waals surface area contributed by atoms with Crippen molar-refractivity contribution in [2.24, 2.45) is 0 Å². The first kappa shape index (κ1) is 12.8. The van der Waals surface area contributed by atoms with Crippen molar-refractivity contribution >= 4 is 11.6 Å². The Morgan fingerprint density at radius 3 is 2.59 bits per heavy atom. The van der Waals surface area contributed by atoms with Crippen molar-refractivity contribution in [3.8, 4) is 0 Å². The van der Waals surface area contributed by atoms with Crippen LogP contribution >= 0.6 is 11.6 Å². The molecular formula is C14H19ClFN. The Bertz CT molecular complexity index is 380. The van der Waals surface area contributed by atoms with Crippen LogP contribution in [0.4, 0.5) is 4.39 Å². The monoisotopic (exact) mass is 255 g/mol. The molecule has 0 heterocycles. The first-order chi connectivity index (χ1) is 8.18. The van der Waals surface area contributed by atoms with E-state index in [0.717, 1.165) is 24.9 Å². The lowest BCUT2D eigenvalue weighted by atomic mass is 9.69. The summed E-state index contributed by atoms with van der Waals surface area (Å²) < 4.78 is 13.1. The molecule has 0 atom stereocenters. The van der Waals surface area contributed by atoms with E-state index in [-0.39, 0.29) is 11.2 Å². The summed E-state index contributed by atoms with van der Waals surface area (Å²) in [4.78, 5) is 0. The molecule has 0 spiro atoms. The van der Waals surface area contributed by atoms with E-state index < -0.39 is 0 Å². The molecule has 0 unspecified atom stereocenters. The summed E-state index contributed by atoms with van der Waals surface area (Å²) in [7, 11) is 1.97. The zero-order valence-corrected chi connectivity index (χ0v) is 11.0. The Labute approximate surface area is 107 Å². The maximum atomic E-state index is 13.1. The predicted octanol–water partition coefficient (Wildman–Crippen LogP) is 3.90. The van der Waals surface area contributed by atoms with Gasteiger partial charge in [-0.3, -0.25) is 0 Å². The van der Waals surface area contributed by atoms with E-state index in [0.29, 0.717) is 5.02 Å². The van der Waals surface area contributed by atoms with E-state index in [1.165, 1.54) is 31.4 Å². The van der Waals surface area contributed by atoms with Crippen LogP contribution in [0.3, 0.4) is 0 Å². The fraction of sp³-hybridized carbons (Fsp3) is 0.571. The number of benzene rings is 1. The van der Waals surface area contributed by atoms with Gasteiger partial charge in [0, 0.05) is 17.0 Å². The number of hydrogen-bond donors (Lipinski definition) is 1. The molecule has 1 fully saturated rings. The minimum atomic E-state index is -0.255. The molecule has 1 aliphatic carbocycles. The molecule has 1 nitrogen and oxygen atoms in total. The van der Waals surface area contributed by atoms with Crippen molar-refractivity contribution in [1.82, 2.24) is 5.32 Å². The molecule has 94 valence electrons. The van der Waals surface area contributed by atoms with E-state index in [4.69, 9.17) is 11.6 Å². The first-order valence-corrected chi connectivity index (χ1v) is 6.66. The van der Waals surface area contributed by atoms with Gasteiger partial charge >= 0.3 is 0 Å². The van der Waals surface area contributed by atoms with Gasteiger partial charge in [-0.15, -0.1) is 0 Å². The molecule has 0 saturated heterocycles. The average molecular weight is 256 g/mol. The largest absolute Gasteiger partial charge is 0.319 e. The van der Waals surface area contributed by atoms with Crippen LogP contribution in [0.5, 0.6) is 0 Å². The number of nitrogens with one attached hydrogen (secondary N) is 1. The molecule has 0 bridgehead atoms. The van der Waals surface area contributed by atoms with Crippen molar-refractivity contribution in [3.05, 3.63) is 34.6 Å². The van der Waals surface area contributed by atoms with Crippen molar-refractivity contribution < 1.29 is 4.39 Å². The van der Waals surface area contributed by atoms with E-state index in [2.05, 4.69) is 5.32 Å². The third-order valence-electron chi connectivity index (χ3n) is 3.83. The molecule has 1 aromatic carbocycles. The highest BCUT2D eigenvalue weighted by atomic mass is 35.5. The zero-order valence-electron chi connectivity index (χ0n) is 10.2. The van der Waals surface area contributed by atoms with Crippen LogP contribution in [0.25, 0.3) is 0 Å². The topological polar surface area (TPSA) is 12.0 Å². The van der Waals surface area contributed by atoms with Crippen LogP contribution in [-0.4, -0.2) is 13.6 Å². The van der Waals surface area contributed by atoms with Crippen molar-refractivity contribution in [2.45, 2.75) is 37.5 Å².